The molecule has 182 valence electrons. The molecule has 0 radical (unpaired) electrons. The zero-order valence-corrected chi connectivity index (χ0v) is 22.8. The number of hydrogen-bond donors (Lipinski definition) is 2. The first kappa shape index (κ1) is 27.3. The number of likely N-dealkylation sites (N-methyl/N-ethyl adjacent to an activating group) is 1. The molecule has 32 heavy (non-hydrogen) atoms. The topological polar surface area (TPSA) is 46.1 Å². The van der Waals surface area contributed by atoms with Gasteiger partial charge in [0.15, 0.2) is 5.96 Å². The number of nitrogens with one attached hydrogen (secondary N) is 2. The Kier molecular flexibility index (Phi) is 12.9. The first-order valence-corrected chi connectivity index (χ1v) is 12.3. The fourth-order valence-electron chi connectivity index (χ4n) is 4.82. The van der Waals surface area contributed by atoms with Crippen LogP contribution in [0.5, 0.6) is 0 Å². The maximum Gasteiger partial charge on any atom is 0.191 e. The molecule has 1 aromatic rings. The van der Waals surface area contributed by atoms with E-state index in [1.54, 1.807) is 0 Å². The van der Waals surface area contributed by atoms with E-state index in [9.17, 15) is 0 Å². The van der Waals surface area contributed by atoms with Crippen LogP contribution in [0.4, 0.5) is 0 Å². The predicted octanol–water partition coefficient (Wildman–Crippen LogP) is 3.37. The summed E-state index contributed by atoms with van der Waals surface area (Å²) < 4.78 is 0. The van der Waals surface area contributed by atoms with E-state index in [1.807, 2.05) is 7.05 Å². The molecule has 0 aromatic heterocycles. The number of guanidine groups is 1. The molecule has 2 aliphatic heterocycles. The van der Waals surface area contributed by atoms with E-state index >= 15 is 0 Å². The van der Waals surface area contributed by atoms with Gasteiger partial charge >= 0.3 is 0 Å². The van der Waals surface area contributed by atoms with E-state index < -0.39 is 0 Å². The molecule has 1 unspecified atom stereocenters. The Morgan fingerprint density at radius 3 is 2.50 bits per heavy atom. The first-order valence-electron chi connectivity index (χ1n) is 12.3. The van der Waals surface area contributed by atoms with Crippen molar-refractivity contribution in [1.29, 1.82) is 0 Å². The van der Waals surface area contributed by atoms with Crippen molar-refractivity contribution in [3.63, 3.8) is 0 Å². The quantitative estimate of drug-likeness (QED) is 0.292. The molecule has 1 atom stereocenters. The van der Waals surface area contributed by atoms with Gasteiger partial charge in [-0.25, -0.2) is 0 Å². The van der Waals surface area contributed by atoms with Crippen LogP contribution in [-0.4, -0.2) is 86.6 Å². The van der Waals surface area contributed by atoms with Crippen LogP contribution in [0.2, 0.25) is 0 Å². The summed E-state index contributed by atoms with van der Waals surface area (Å²) in [7, 11) is 4.08. The van der Waals surface area contributed by atoms with Crippen LogP contribution >= 0.6 is 24.0 Å². The second-order valence-electron chi connectivity index (χ2n) is 9.20. The number of likely N-dealkylation sites (tertiary alicyclic amines) is 1. The van der Waals surface area contributed by atoms with Gasteiger partial charge in [0.2, 0.25) is 0 Å². The Morgan fingerprint density at radius 1 is 0.969 bits per heavy atom. The summed E-state index contributed by atoms with van der Waals surface area (Å²) in [6, 6.07) is 9.82. The summed E-state index contributed by atoms with van der Waals surface area (Å²) in [4.78, 5) is 12.1. The number of nitrogens with zero attached hydrogens (tertiary/aromatic N) is 4. The van der Waals surface area contributed by atoms with Gasteiger partial charge in [-0.15, -0.1) is 24.0 Å². The molecule has 2 heterocycles. The standard InChI is InChI=1S/C25H44N6.HI/c1-4-24-8-5-6-16-31(24)17-13-27-25(26-2)28-20-22-9-11-23(12-10-22)21-30-15-7-14-29(3)18-19-30;/h9-12,24H,4-8,13-21H2,1-3H3,(H2,26,27,28);1H. The van der Waals surface area contributed by atoms with E-state index in [0.717, 1.165) is 44.7 Å². The van der Waals surface area contributed by atoms with Crippen LogP contribution in [0.25, 0.3) is 0 Å². The van der Waals surface area contributed by atoms with Crippen molar-refractivity contribution in [2.75, 3.05) is 59.9 Å². The molecule has 2 saturated heterocycles. The van der Waals surface area contributed by atoms with Gasteiger partial charge in [0, 0.05) is 52.4 Å². The maximum atomic E-state index is 4.40. The first-order chi connectivity index (χ1) is 15.2. The molecule has 2 aliphatic rings. The summed E-state index contributed by atoms with van der Waals surface area (Å²) in [5.74, 6) is 0.892. The van der Waals surface area contributed by atoms with Gasteiger partial charge < -0.3 is 15.5 Å². The second-order valence-corrected chi connectivity index (χ2v) is 9.20. The normalized spacial score (nSPS) is 21.6. The Labute approximate surface area is 213 Å². The van der Waals surface area contributed by atoms with Crippen molar-refractivity contribution < 1.29 is 0 Å². The minimum Gasteiger partial charge on any atom is -0.355 e. The van der Waals surface area contributed by atoms with Crippen LogP contribution in [0.3, 0.4) is 0 Å². The highest BCUT2D eigenvalue weighted by atomic mass is 127. The number of aliphatic imine (C=N–C) groups is 1. The van der Waals surface area contributed by atoms with Gasteiger partial charge in [-0.1, -0.05) is 37.6 Å². The molecule has 7 heteroatoms. The van der Waals surface area contributed by atoms with Crippen LogP contribution in [-0.2, 0) is 13.1 Å². The van der Waals surface area contributed by atoms with Gasteiger partial charge in [-0.2, -0.15) is 0 Å². The monoisotopic (exact) mass is 556 g/mol. The third kappa shape index (κ3) is 9.15. The molecule has 2 N–H and O–H groups in total. The molecule has 6 nitrogen and oxygen atoms in total. The van der Waals surface area contributed by atoms with Gasteiger partial charge in [0.1, 0.15) is 0 Å². The molecule has 3 rings (SSSR count). The van der Waals surface area contributed by atoms with Crippen molar-refractivity contribution in [3.05, 3.63) is 35.4 Å². The third-order valence-corrected chi connectivity index (χ3v) is 6.84. The van der Waals surface area contributed by atoms with Crippen molar-refractivity contribution >= 4 is 29.9 Å². The Balaban J connectivity index is 0.00000363. The average molecular weight is 557 g/mol. The van der Waals surface area contributed by atoms with Gasteiger partial charge in [-0.3, -0.25) is 14.8 Å². The fourth-order valence-corrected chi connectivity index (χ4v) is 4.82. The number of halogens is 1. The SMILES string of the molecule is CCC1CCCCN1CCNC(=NC)NCc1ccc(CN2CCCN(C)CC2)cc1.I. The highest BCUT2D eigenvalue weighted by Gasteiger charge is 2.20. The second kappa shape index (κ2) is 15.1. The number of piperidine rings is 1. The molecular weight excluding hydrogens is 511 g/mol. The lowest BCUT2D eigenvalue weighted by Crippen LogP contribution is -2.45. The zero-order chi connectivity index (χ0) is 21.9. The number of hydrogen-bond acceptors (Lipinski definition) is 4. The van der Waals surface area contributed by atoms with Gasteiger partial charge in [0.25, 0.3) is 0 Å². The molecule has 0 bridgehead atoms. The Bertz CT molecular complexity index is 665. The average Bonchev–Trinajstić information content (AvgIpc) is 3.01. The summed E-state index contributed by atoms with van der Waals surface area (Å²) in [5, 5.41) is 6.96. The highest BCUT2D eigenvalue weighted by molar-refractivity contribution is 14.0. The van der Waals surface area contributed by atoms with Crippen LogP contribution in [0, 0.1) is 0 Å². The van der Waals surface area contributed by atoms with Gasteiger partial charge in [-0.05, 0) is 63.5 Å². The summed E-state index contributed by atoms with van der Waals surface area (Å²) in [6.45, 7) is 12.2. The number of rotatable bonds is 8. The predicted molar refractivity (Wildman–Crippen MR) is 147 cm³/mol. The summed E-state index contributed by atoms with van der Waals surface area (Å²) in [5.41, 5.74) is 2.70. The molecule has 0 spiro atoms. The highest BCUT2D eigenvalue weighted by Crippen LogP contribution is 2.18. The number of benzene rings is 1. The van der Waals surface area contributed by atoms with Crippen molar-refractivity contribution in [1.82, 2.24) is 25.3 Å². The maximum absolute atomic E-state index is 4.40. The largest absolute Gasteiger partial charge is 0.355 e. The summed E-state index contributed by atoms with van der Waals surface area (Å²) in [6.07, 6.45) is 6.61. The Hall–Kier alpha value is -0.900. The van der Waals surface area contributed by atoms with E-state index in [-0.39, 0.29) is 24.0 Å². The van der Waals surface area contributed by atoms with Crippen LogP contribution in [0.1, 0.15) is 50.2 Å². The zero-order valence-electron chi connectivity index (χ0n) is 20.5. The van der Waals surface area contributed by atoms with Crippen LogP contribution < -0.4 is 10.6 Å². The van der Waals surface area contributed by atoms with Crippen molar-refractivity contribution in [3.8, 4) is 0 Å². The molecule has 0 amide bonds. The minimum atomic E-state index is 0. The molecule has 0 aliphatic carbocycles. The fraction of sp³-hybridized carbons (Fsp3) is 0.720. The molecular formula is C25H45IN6. The van der Waals surface area contributed by atoms with E-state index in [2.05, 4.69) is 68.6 Å². The van der Waals surface area contributed by atoms with Crippen molar-refractivity contribution in [2.24, 2.45) is 4.99 Å². The lowest BCUT2D eigenvalue weighted by Gasteiger charge is -2.35. The smallest absolute Gasteiger partial charge is 0.191 e. The lowest BCUT2D eigenvalue weighted by atomic mass is 10.0. The van der Waals surface area contributed by atoms with E-state index in [0.29, 0.717) is 0 Å². The molecule has 2 fully saturated rings. The van der Waals surface area contributed by atoms with Gasteiger partial charge in [0.05, 0.1) is 0 Å². The third-order valence-electron chi connectivity index (χ3n) is 6.84. The molecule has 1 aromatic carbocycles. The van der Waals surface area contributed by atoms with E-state index in [1.165, 1.54) is 69.4 Å². The minimum absolute atomic E-state index is 0. The summed E-state index contributed by atoms with van der Waals surface area (Å²) >= 11 is 0. The lowest BCUT2D eigenvalue weighted by molar-refractivity contribution is 0.147. The van der Waals surface area contributed by atoms with Crippen LogP contribution in [0.15, 0.2) is 29.3 Å². The van der Waals surface area contributed by atoms with Crippen molar-refractivity contribution in [2.45, 2.75) is 58.2 Å². The van der Waals surface area contributed by atoms with E-state index in [4.69, 9.17) is 0 Å². The molecule has 0 saturated carbocycles. The Morgan fingerprint density at radius 2 is 1.75 bits per heavy atom.